The fraction of sp³-hybridized carbons (Fsp3) is 0.947. The molecule has 1 heterocycles. The summed E-state index contributed by atoms with van der Waals surface area (Å²) in [6, 6.07) is -0.800. The zero-order valence-corrected chi connectivity index (χ0v) is 30.5. The molecule has 0 radical (unpaired) electrons. The number of hydrogen-bond donors (Lipinski definition) is 6. The lowest BCUT2D eigenvalue weighted by Crippen LogP contribution is -2.61. The number of unbranched alkanes of at least 4 members (excludes halogenated alkanes) is 22. The van der Waals surface area contributed by atoms with Crippen LogP contribution in [-0.2, 0) is 19.1 Å². The van der Waals surface area contributed by atoms with Gasteiger partial charge in [-0.2, -0.15) is 0 Å². The summed E-state index contributed by atoms with van der Waals surface area (Å²) in [4.78, 5) is 24.3. The monoisotopic (exact) mass is 688 g/mol. The average Bonchev–Trinajstić information content (AvgIpc) is 3.07. The van der Waals surface area contributed by atoms with Gasteiger partial charge in [0.2, 0.25) is 5.91 Å². The molecule has 0 aromatic rings. The number of carboxylic acid groups (broad SMARTS) is 1. The third kappa shape index (κ3) is 21.0. The molecule has 0 aromatic heterocycles. The Morgan fingerprint density at radius 1 is 0.625 bits per heavy atom. The number of nitrogens with one attached hydrogen (secondary N) is 1. The van der Waals surface area contributed by atoms with Gasteiger partial charge in [-0.05, 0) is 12.8 Å². The van der Waals surface area contributed by atoms with Crippen molar-refractivity contribution in [3.63, 3.8) is 0 Å². The molecule has 0 aromatic carbocycles. The number of carbonyl (C=O) groups is 2. The molecule has 1 fully saturated rings. The highest BCUT2D eigenvalue weighted by Crippen LogP contribution is 2.23. The minimum atomic E-state index is -1.82. The van der Waals surface area contributed by atoms with Crippen molar-refractivity contribution in [3.8, 4) is 0 Å². The van der Waals surface area contributed by atoms with Gasteiger partial charge in [0.25, 0.3) is 0 Å². The zero-order valence-electron chi connectivity index (χ0n) is 30.5. The quantitative estimate of drug-likeness (QED) is 0.0412. The molecule has 284 valence electrons. The van der Waals surface area contributed by atoms with Crippen molar-refractivity contribution in [2.75, 3.05) is 6.61 Å². The van der Waals surface area contributed by atoms with Gasteiger partial charge in [-0.15, -0.1) is 0 Å². The average molecular weight is 688 g/mol. The second-order valence-electron chi connectivity index (χ2n) is 14.1. The predicted octanol–water partition coefficient (Wildman–Crippen LogP) is 6.92. The molecule has 48 heavy (non-hydrogen) atoms. The summed E-state index contributed by atoms with van der Waals surface area (Å²) in [7, 11) is 0. The van der Waals surface area contributed by atoms with Gasteiger partial charge in [0, 0.05) is 6.42 Å². The van der Waals surface area contributed by atoms with Crippen LogP contribution in [0, 0.1) is 0 Å². The molecule has 0 aliphatic carbocycles. The van der Waals surface area contributed by atoms with E-state index in [9.17, 15) is 35.1 Å². The van der Waals surface area contributed by atoms with Crippen molar-refractivity contribution in [2.24, 2.45) is 0 Å². The molecule has 0 unspecified atom stereocenters. The summed E-state index contributed by atoms with van der Waals surface area (Å²) >= 11 is 0. The van der Waals surface area contributed by atoms with Gasteiger partial charge >= 0.3 is 5.97 Å². The highest BCUT2D eigenvalue weighted by atomic mass is 16.7. The summed E-state index contributed by atoms with van der Waals surface area (Å²) in [6.45, 7) is 4.22. The van der Waals surface area contributed by atoms with E-state index in [1.807, 2.05) is 0 Å². The Morgan fingerprint density at radius 2 is 1.04 bits per heavy atom. The van der Waals surface area contributed by atoms with Crippen LogP contribution in [0.4, 0.5) is 0 Å². The molecule has 10 nitrogen and oxygen atoms in total. The second kappa shape index (κ2) is 29.4. The van der Waals surface area contributed by atoms with Crippen LogP contribution in [0.2, 0.25) is 0 Å². The van der Waals surface area contributed by atoms with Gasteiger partial charge in [0.15, 0.2) is 12.4 Å². The Kier molecular flexibility index (Phi) is 27.4. The van der Waals surface area contributed by atoms with Gasteiger partial charge in [0.05, 0.1) is 18.8 Å². The van der Waals surface area contributed by atoms with Crippen LogP contribution in [0.15, 0.2) is 0 Å². The van der Waals surface area contributed by atoms with E-state index >= 15 is 0 Å². The molecule has 1 aliphatic rings. The first-order chi connectivity index (χ1) is 23.2. The van der Waals surface area contributed by atoms with Gasteiger partial charge in [-0.3, -0.25) is 4.79 Å². The molecule has 6 N–H and O–H groups in total. The van der Waals surface area contributed by atoms with Crippen LogP contribution < -0.4 is 5.32 Å². The highest BCUT2D eigenvalue weighted by molar-refractivity contribution is 5.76. The molecule has 0 bridgehead atoms. The van der Waals surface area contributed by atoms with Crippen LogP contribution in [0.3, 0.4) is 0 Å². The fourth-order valence-corrected chi connectivity index (χ4v) is 6.44. The number of aliphatic hydroxyl groups excluding tert-OH is 4. The maximum Gasteiger partial charge on any atom is 0.335 e. The Bertz CT molecular complexity index is 785. The number of ether oxygens (including phenoxy) is 2. The lowest BCUT2D eigenvalue weighted by molar-refractivity contribution is -0.295. The third-order valence-corrected chi connectivity index (χ3v) is 9.67. The van der Waals surface area contributed by atoms with E-state index in [2.05, 4.69) is 19.2 Å². The summed E-state index contributed by atoms with van der Waals surface area (Å²) < 4.78 is 10.9. The molecule has 0 saturated carbocycles. The highest BCUT2D eigenvalue weighted by Gasteiger charge is 2.47. The van der Waals surface area contributed by atoms with Gasteiger partial charge in [-0.25, -0.2) is 4.79 Å². The maximum atomic E-state index is 12.8. The van der Waals surface area contributed by atoms with Crippen LogP contribution >= 0.6 is 0 Å². The smallest absolute Gasteiger partial charge is 0.335 e. The van der Waals surface area contributed by atoms with Crippen molar-refractivity contribution < 1.29 is 44.6 Å². The number of hydrogen-bond acceptors (Lipinski definition) is 8. The Labute approximate surface area is 291 Å². The first-order valence-corrected chi connectivity index (χ1v) is 19.7. The lowest BCUT2D eigenvalue weighted by atomic mass is 9.99. The van der Waals surface area contributed by atoms with Crippen molar-refractivity contribution in [3.05, 3.63) is 0 Å². The van der Waals surface area contributed by atoms with Crippen molar-refractivity contribution in [1.82, 2.24) is 5.32 Å². The summed E-state index contributed by atoms with van der Waals surface area (Å²) in [5.41, 5.74) is 0. The summed E-state index contributed by atoms with van der Waals surface area (Å²) in [5.74, 6) is -1.70. The molecule has 7 atom stereocenters. The van der Waals surface area contributed by atoms with Crippen molar-refractivity contribution >= 4 is 11.9 Å². The number of aliphatic hydroxyl groups is 4. The zero-order chi connectivity index (χ0) is 35.4. The second-order valence-corrected chi connectivity index (χ2v) is 14.1. The lowest BCUT2D eigenvalue weighted by Gasteiger charge is -2.39. The molecule has 10 heteroatoms. The van der Waals surface area contributed by atoms with E-state index in [0.29, 0.717) is 12.8 Å². The molecular weight excluding hydrogens is 614 g/mol. The normalized spacial score (nSPS) is 22.4. The van der Waals surface area contributed by atoms with Gasteiger partial charge in [-0.1, -0.05) is 162 Å². The Balaban J connectivity index is 2.46. The standard InChI is InChI=1S/C38H73NO9/c1-3-5-7-9-11-13-15-16-18-19-21-23-25-27-31(40)30(29-47-38-35(44)33(42)34(43)36(48-38)37(45)46)39-32(41)28-26-24-22-20-17-14-12-10-8-6-4-2/h30-31,33-36,38,40,42-44H,3-29H2,1-2H3,(H,39,41)(H,45,46)/t30-,31+,33-,34-,35+,36-,38-/m0/s1. The largest absolute Gasteiger partial charge is 0.479 e. The van der Waals surface area contributed by atoms with Gasteiger partial charge < -0.3 is 40.3 Å². The van der Waals surface area contributed by atoms with E-state index in [1.54, 1.807) is 0 Å². The number of amides is 1. The number of carboxylic acids is 1. The molecule has 1 rings (SSSR count). The molecule has 1 saturated heterocycles. The van der Waals surface area contributed by atoms with Crippen LogP contribution in [-0.4, -0.2) is 86.9 Å². The fourth-order valence-electron chi connectivity index (χ4n) is 6.44. The summed E-state index contributed by atoms with van der Waals surface area (Å²) in [5, 5.41) is 53.7. The molecule has 0 spiro atoms. The number of aliphatic carboxylic acids is 1. The van der Waals surface area contributed by atoms with Crippen LogP contribution in [0.25, 0.3) is 0 Å². The summed E-state index contributed by atoms with van der Waals surface area (Å²) in [6.07, 6.45) is 20.1. The molecular formula is C38H73NO9. The van der Waals surface area contributed by atoms with Crippen molar-refractivity contribution in [1.29, 1.82) is 0 Å². The maximum absolute atomic E-state index is 12.8. The number of carbonyl (C=O) groups excluding carboxylic acids is 1. The topological polar surface area (TPSA) is 166 Å². The SMILES string of the molecule is CCCCCCCCCCCCCCC[C@@H](O)[C@H](CO[C@H]1O[C@H](C(=O)O)[C@@H](O)[C@H](O)[C@H]1O)NC(=O)CCCCCCCCCCCCC. The van der Waals surface area contributed by atoms with Crippen molar-refractivity contribution in [2.45, 2.75) is 224 Å². The first kappa shape index (κ1) is 44.7. The van der Waals surface area contributed by atoms with E-state index in [-0.39, 0.29) is 12.5 Å². The minimum absolute atomic E-state index is 0.201. The van der Waals surface area contributed by atoms with Gasteiger partial charge in [0.1, 0.15) is 18.3 Å². The van der Waals surface area contributed by atoms with E-state index in [0.717, 1.165) is 38.5 Å². The Hall–Kier alpha value is -1.30. The third-order valence-electron chi connectivity index (χ3n) is 9.67. The van der Waals surface area contributed by atoms with Crippen LogP contribution in [0.5, 0.6) is 0 Å². The van der Waals surface area contributed by atoms with E-state index in [1.165, 1.54) is 116 Å². The number of rotatable bonds is 32. The predicted molar refractivity (Wildman–Crippen MR) is 190 cm³/mol. The Morgan fingerprint density at radius 3 is 1.48 bits per heavy atom. The van der Waals surface area contributed by atoms with Crippen LogP contribution in [0.1, 0.15) is 181 Å². The van der Waals surface area contributed by atoms with E-state index < -0.39 is 48.8 Å². The molecule has 1 amide bonds. The molecule has 1 aliphatic heterocycles. The first-order valence-electron chi connectivity index (χ1n) is 19.7. The van der Waals surface area contributed by atoms with E-state index in [4.69, 9.17) is 9.47 Å². The minimum Gasteiger partial charge on any atom is -0.479 e.